The molecule has 0 aliphatic rings. The third kappa shape index (κ3) is 3.16. The van der Waals surface area contributed by atoms with E-state index >= 15 is 0 Å². The molecule has 0 saturated carbocycles. The van der Waals surface area contributed by atoms with Crippen LogP contribution < -0.4 is 5.32 Å². The number of benzene rings is 3. The van der Waals surface area contributed by atoms with Gasteiger partial charge >= 0.3 is 0 Å². The number of aromatic nitrogens is 3. The maximum Gasteiger partial charge on any atom is 0.258 e. The van der Waals surface area contributed by atoms with Crippen LogP contribution in [0.5, 0.6) is 0 Å². The van der Waals surface area contributed by atoms with E-state index in [-0.39, 0.29) is 5.56 Å². The normalized spacial score (nSPS) is 10.9. The van der Waals surface area contributed by atoms with Gasteiger partial charge < -0.3 is 5.32 Å². The van der Waals surface area contributed by atoms with Crippen LogP contribution in [0.1, 0.15) is 21.5 Å². The average molecular weight is 438 g/mol. The Bertz CT molecular complexity index is 1560. The molecule has 0 atom stereocenters. The van der Waals surface area contributed by atoms with Gasteiger partial charge in [0, 0.05) is 0 Å². The average Bonchev–Trinajstić information content (AvgIpc) is 3.09. The first-order valence-corrected chi connectivity index (χ1v) is 10.3. The minimum absolute atomic E-state index is 0.238. The molecule has 7 heteroatoms. The minimum Gasteiger partial charge on any atom is -0.306 e. The second-order valence-corrected chi connectivity index (χ2v) is 7.68. The minimum atomic E-state index is -0.422. The molecule has 1 amide bonds. The molecule has 154 valence electrons. The molecule has 0 fully saturated rings. The van der Waals surface area contributed by atoms with E-state index in [0.29, 0.717) is 38.6 Å². The highest BCUT2D eigenvalue weighted by Gasteiger charge is 2.24. The van der Waals surface area contributed by atoms with Gasteiger partial charge in [-0.2, -0.15) is 5.26 Å². The number of rotatable bonds is 3. The standard InChI is InChI=1S/C25H16ClN5O/c1-15-8-2-7-13-21(15)31-23(30-25(32)16-9-3-4-10-18(16)26)17(14-27)22-24(31)29-20-12-6-5-11-19(20)28-22/h2-13H,1H3,(H,30,32). The van der Waals surface area contributed by atoms with Crippen LogP contribution in [0.25, 0.3) is 27.9 Å². The van der Waals surface area contributed by atoms with Gasteiger partial charge in [-0.3, -0.25) is 9.36 Å². The Labute approximate surface area is 188 Å². The summed E-state index contributed by atoms with van der Waals surface area (Å²) in [4.78, 5) is 22.6. The van der Waals surface area contributed by atoms with Crippen molar-refractivity contribution in [1.82, 2.24) is 14.5 Å². The van der Waals surface area contributed by atoms with Gasteiger partial charge in [0.1, 0.15) is 23.0 Å². The van der Waals surface area contributed by atoms with Gasteiger partial charge in [0.15, 0.2) is 5.65 Å². The molecular formula is C25H16ClN5O. The molecule has 0 unspecified atom stereocenters. The van der Waals surface area contributed by atoms with Gasteiger partial charge in [-0.15, -0.1) is 0 Å². The van der Waals surface area contributed by atoms with Gasteiger partial charge in [0.2, 0.25) is 0 Å². The maximum atomic E-state index is 13.1. The summed E-state index contributed by atoms with van der Waals surface area (Å²) in [6.07, 6.45) is 0. The predicted octanol–water partition coefficient (Wildman–Crippen LogP) is 5.66. The van der Waals surface area contributed by atoms with Crippen molar-refractivity contribution in [1.29, 1.82) is 5.26 Å². The summed E-state index contributed by atoms with van der Waals surface area (Å²) in [5.41, 5.74) is 4.57. The van der Waals surface area contributed by atoms with Gasteiger partial charge in [-0.25, -0.2) is 9.97 Å². The molecule has 0 aliphatic heterocycles. The number of anilines is 1. The molecule has 1 N–H and O–H groups in total. The quantitative estimate of drug-likeness (QED) is 0.394. The molecule has 32 heavy (non-hydrogen) atoms. The molecular weight excluding hydrogens is 422 g/mol. The Morgan fingerprint density at radius 3 is 2.34 bits per heavy atom. The molecule has 5 rings (SSSR count). The van der Waals surface area contributed by atoms with E-state index in [9.17, 15) is 10.1 Å². The number of carbonyl (C=O) groups is 1. The van der Waals surface area contributed by atoms with Crippen LogP contribution in [-0.4, -0.2) is 20.4 Å². The van der Waals surface area contributed by atoms with E-state index < -0.39 is 5.91 Å². The fourth-order valence-corrected chi connectivity index (χ4v) is 3.96. The fraction of sp³-hybridized carbons (Fsp3) is 0.0400. The molecule has 6 nitrogen and oxygen atoms in total. The number of fused-ring (bicyclic) bond motifs is 2. The van der Waals surface area contributed by atoms with Crippen molar-refractivity contribution in [2.24, 2.45) is 0 Å². The third-order valence-electron chi connectivity index (χ3n) is 5.28. The molecule has 2 heterocycles. The van der Waals surface area contributed by atoms with Crippen molar-refractivity contribution in [3.8, 4) is 11.8 Å². The monoisotopic (exact) mass is 437 g/mol. The zero-order valence-electron chi connectivity index (χ0n) is 17.0. The van der Waals surface area contributed by atoms with Crippen LogP contribution in [0, 0.1) is 18.3 Å². The first-order valence-electron chi connectivity index (χ1n) is 9.91. The van der Waals surface area contributed by atoms with Crippen LogP contribution in [-0.2, 0) is 0 Å². The predicted molar refractivity (Wildman–Crippen MR) is 125 cm³/mol. The Morgan fingerprint density at radius 1 is 0.969 bits per heavy atom. The van der Waals surface area contributed by atoms with E-state index in [0.717, 1.165) is 11.3 Å². The molecule has 0 spiro atoms. The zero-order valence-corrected chi connectivity index (χ0v) is 17.8. The molecule has 0 radical (unpaired) electrons. The van der Waals surface area contributed by atoms with Crippen LogP contribution in [0.2, 0.25) is 5.02 Å². The molecule has 0 saturated heterocycles. The summed E-state index contributed by atoms with van der Waals surface area (Å²) in [7, 11) is 0. The van der Waals surface area contributed by atoms with Crippen molar-refractivity contribution in [2.45, 2.75) is 6.92 Å². The zero-order chi connectivity index (χ0) is 22.2. The van der Waals surface area contributed by atoms with Gasteiger partial charge in [0.05, 0.1) is 27.3 Å². The topological polar surface area (TPSA) is 83.6 Å². The second-order valence-electron chi connectivity index (χ2n) is 7.28. The summed E-state index contributed by atoms with van der Waals surface area (Å²) >= 11 is 6.23. The molecule has 5 aromatic rings. The molecule has 3 aromatic carbocycles. The van der Waals surface area contributed by atoms with Crippen LogP contribution in [0.3, 0.4) is 0 Å². The lowest BCUT2D eigenvalue weighted by Gasteiger charge is -2.14. The Balaban J connectivity index is 1.82. The summed E-state index contributed by atoms with van der Waals surface area (Å²) in [6, 6.07) is 24.1. The van der Waals surface area contributed by atoms with E-state index in [1.807, 2.05) is 55.5 Å². The van der Waals surface area contributed by atoms with Crippen molar-refractivity contribution >= 4 is 45.5 Å². The number of carbonyl (C=O) groups excluding carboxylic acids is 1. The number of nitrogens with zero attached hydrogens (tertiary/aromatic N) is 4. The number of halogens is 1. The molecule has 2 aromatic heterocycles. The Morgan fingerprint density at radius 2 is 1.62 bits per heavy atom. The lowest BCUT2D eigenvalue weighted by molar-refractivity contribution is 0.102. The number of para-hydroxylation sites is 3. The largest absolute Gasteiger partial charge is 0.306 e. The van der Waals surface area contributed by atoms with Gasteiger partial charge in [0.25, 0.3) is 5.91 Å². The summed E-state index contributed by atoms with van der Waals surface area (Å²) in [5, 5.41) is 13.3. The van der Waals surface area contributed by atoms with E-state index in [4.69, 9.17) is 21.6 Å². The second kappa shape index (κ2) is 7.80. The first kappa shape index (κ1) is 19.7. The number of nitrogens with one attached hydrogen (secondary N) is 1. The summed E-state index contributed by atoms with van der Waals surface area (Å²) in [5.74, 6) is -0.119. The smallest absolute Gasteiger partial charge is 0.258 e. The van der Waals surface area contributed by atoms with Crippen molar-refractivity contribution in [3.63, 3.8) is 0 Å². The Kier molecular flexibility index (Phi) is 4.81. The highest BCUT2D eigenvalue weighted by atomic mass is 35.5. The van der Waals surface area contributed by atoms with E-state index in [1.165, 1.54) is 0 Å². The number of hydrogen-bond acceptors (Lipinski definition) is 4. The Hall–Kier alpha value is -4.21. The molecule has 0 aliphatic carbocycles. The summed E-state index contributed by atoms with van der Waals surface area (Å²) < 4.78 is 1.78. The van der Waals surface area contributed by atoms with Crippen LogP contribution >= 0.6 is 11.6 Å². The lowest BCUT2D eigenvalue weighted by atomic mass is 10.2. The van der Waals surface area contributed by atoms with Gasteiger partial charge in [-0.05, 0) is 42.8 Å². The van der Waals surface area contributed by atoms with Gasteiger partial charge in [-0.1, -0.05) is 54.1 Å². The SMILES string of the molecule is Cc1ccccc1-n1c(NC(=O)c2ccccc2Cl)c(C#N)c2nc3ccccc3nc21. The maximum absolute atomic E-state index is 13.1. The highest BCUT2D eigenvalue weighted by molar-refractivity contribution is 6.34. The van der Waals surface area contributed by atoms with Crippen LogP contribution in [0.15, 0.2) is 72.8 Å². The van der Waals surface area contributed by atoms with Crippen LogP contribution in [0.4, 0.5) is 5.82 Å². The number of aryl methyl sites for hydroxylation is 1. The van der Waals surface area contributed by atoms with E-state index in [2.05, 4.69) is 11.4 Å². The lowest BCUT2D eigenvalue weighted by Crippen LogP contribution is -2.16. The fourth-order valence-electron chi connectivity index (χ4n) is 3.74. The van der Waals surface area contributed by atoms with Crippen molar-refractivity contribution < 1.29 is 4.79 Å². The summed E-state index contributed by atoms with van der Waals surface area (Å²) in [6.45, 7) is 1.96. The molecule has 0 bridgehead atoms. The number of nitriles is 1. The number of amides is 1. The van der Waals surface area contributed by atoms with Crippen molar-refractivity contribution in [2.75, 3.05) is 5.32 Å². The van der Waals surface area contributed by atoms with E-state index in [1.54, 1.807) is 28.8 Å². The first-order chi connectivity index (χ1) is 15.6. The number of hydrogen-bond donors (Lipinski definition) is 1. The third-order valence-corrected chi connectivity index (χ3v) is 5.61. The van der Waals surface area contributed by atoms with Crippen molar-refractivity contribution in [3.05, 3.63) is 94.5 Å². The highest BCUT2D eigenvalue weighted by Crippen LogP contribution is 2.34.